The van der Waals surface area contributed by atoms with E-state index >= 15 is 0 Å². The van der Waals surface area contributed by atoms with Gasteiger partial charge in [-0.25, -0.2) is 9.37 Å². The largest absolute Gasteiger partial charge is 0.436 e. The molecule has 1 aromatic heterocycles. The average molecular weight is 411 g/mol. The van der Waals surface area contributed by atoms with E-state index in [1.165, 1.54) is 25.0 Å². The number of rotatable bonds is 4. The van der Waals surface area contributed by atoms with Gasteiger partial charge in [0.25, 0.3) is 5.91 Å². The fourth-order valence-corrected chi connectivity index (χ4v) is 3.44. The van der Waals surface area contributed by atoms with Gasteiger partial charge in [-0.3, -0.25) is 9.59 Å². The summed E-state index contributed by atoms with van der Waals surface area (Å²) >= 11 is 0. The lowest BCUT2D eigenvalue weighted by molar-refractivity contribution is -0.117. The van der Waals surface area contributed by atoms with E-state index in [0.717, 1.165) is 18.4 Å². The van der Waals surface area contributed by atoms with Crippen molar-refractivity contribution in [2.75, 3.05) is 7.05 Å². The number of halogens is 1. The van der Waals surface area contributed by atoms with E-state index in [0.29, 0.717) is 35.0 Å². The highest BCUT2D eigenvalue weighted by molar-refractivity contribution is 5.94. The van der Waals surface area contributed by atoms with Crippen LogP contribution in [0.4, 0.5) is 4.39 Å². The van der Waals surface area contributed by atoms with Crippen molar-refractivity contribution in [3.05, 3.63) is 53.8 Å². The van der Waals surface area contributed by atoms with Gasteiger partial charge in [-0.05, 0) is 49.2 Å². The number of hydrogen-bond donors (Lipinski definition) is 1. The Kier molecular flexibility index (Phi) is 6.82. The van der Waals surface area contributed by atoms with Crippen molar-refractivity contribution in [3.63, 3.8) is 0 Å². The van der Waals surface area contributed by atoms with Crippen molar-refractivity contribution in [1.29, 1.82) is 0 Å². The number of hydrogen-bond acceptors (Lipinski definition) is 4. The van der Waals surface area contributed by atoms with Crippen LogP contribution in [0.25, 0.3) is 22.6 Å². The van der Waals surface area contributed by atoms with E-state index in [2.05, 4.69) is 10.7 Å². The van der Waals surface area contributed by atoms with Gasteiger partial charge < -0.3 is 15.1 Å². The standard InChI is InChI=1S/C20H19FN2O2.C3H7NO/c1-23(16-4-2-3-5-16)20(24)14-8-6-13(7-9-14)19-22-17-11-10-15(21)12-18(17)25-19;1-2-3(4)5/h6-12,16H,2-5H2,1H3;2H2,1H3,(H2,4,5). The monoisotopic (exact) mass is 411 g/mol. The highest BCUT2D eigenvalue weighted by atomic mass is 19.1. The summed E-state index contributed by atoms with van der Waals surface area (Å²) in [6.07, 6.45) is 5.00. The minimum absolute atomic E-state index is 0.0399. The second-order valence-corrected chi connectivity index (χ2v) is 7.38. The summed E-state index contributed by atoms with van der Waals surface area (Å²) in [4.78, 5) is 28.4. The van der Waals surface area contributed by atoms with Crippen LogP contribution < -0.4 is 5.73 Å². The Bertz CT molecular complexity index is 1020. The fourth-order valence-electron chi connectivity index (χ4n) is 3.44. The van der Waals surface area contributed by atoms with Crippen molar-refractivity contribution in [2.24, 2.45) is 5.73 Å². The quantitative estimate of drug-likeness (QED) is 0.683. The number of aromatic nitrogens is 1. The number of benzene rings is 2. The van der Waals surface area contributed by atoms with Crippen molar-refractivity contribution in [1.82, 2.24) is 9.88 Å². The molecule has 0 saturated heterocycles. The lowest BCUT2D eigenvalue weighted by atomic mass is 10.1. The van der Waals surface area contributed by atoms with Crippen LogP contribution in [0, 0.1) is 5.82 Å². The minimum Gasteiger partial charge on any atom is -0.436 e. The molecule has 30 heavy (non-hydrogen) atoms. The SMILES string of the molecule is CCC(N)=O.CN(C(=O)c1ccc(-c2nc3ccc(F)cc3o2)cc1)C1CCCC1. The topological polar surface area (TPSA) is 89.4 Å². The molecule has 3 aromatic rings. The van der Waals surface area contributed by atoms with Crippen LogP contribution in [0.3, 0.4) is 0 Å². The number of oxazole rings is 1. The van der Waals surface area contributed by atoms with E-state index < -0.39 is 0 Å². The van der Waals surface area contributed by atoms with Crippen molar-refractivity contribution in [2.45, 2.75) is 45.1 Å². The first-order chi connectivity index (χ1) is 14.4. The summed E-state index contributed by atoms with van der Waals surface area (Å²) in [6.45, 7) is 1.72. The Morgan fingerprint density at radius 1 is 1.17 bits per heavy atom. The van der Waals surface area contributed by atoms with E-state index in [1.54, 1.807) is 25.1 Å². The Hall–Kier alpha value is -3.22. The molecule has 6 nitrogen and oxygen atoms in total. The van der Waals surface area contributed by atoms with Crippen LogP contribution in [0.15, 0.2) is 46.9 Å². The molecule has 2 N–H and O–H groups in total. The van der Waals surface area contributed by atoms with Crippen LogP contribution in [0.5, 0.6) is 0 Å². The first-order valence-corrected chi connectivity index (χ1v) is 10.1. The zero-order valence-corrected chi connectivity index (χ0v) is 17.2. The summed E-state index contributed by atoms with van der Waals surface area (Å²) in [5.74, 6) is -0.141. The molecule has 0 atom stereocenters. The van der Waals surface area contributed by atoms with Crippen molar-refractivity contribution >= 4 is 22.9 Å². The molecule has 0 bridgehead atoms. The molecule has 1 aliphatic rings. The normalized spacial score (nSPS) is 13.7. The van der Waals surface area contributed by atoms with E-state index in [9.17, 15) is 14.0 Å². The second kappa shape index (κ2) is 9.52. The molecule has 158 valence electrons. The van der Waals surface area contributed by atoms with E-state index in [-0.39, 0.29) is 17.6 Å². The number of amides is 2. The van der Waals surface area contributed by atoms with Gasteiger partial charge in [-0.1, -0.05) is 19.8 Å². The van der Waals surface area contributed by atoms with E-state index in [4.69, 9.17) is 4.42 Å². The molecule has 1 aliphatic carbocycles. The predicted octanol–water partition coefficient (Wildman–Crippen LogP) is 4.53. The molecule has 0 aliphatic heterocycles. The first kappa shape index (κ1) is 21.5. The van der Waals surface area contributed by atoms with Gasteiger partial charge >= 0.3 is 0 Å². The number of nitrogens with zero attached hydrogens (tertiary/aromatic N) is 2. The molecule has 7 heteroatoms. The van der Waals surface area contributed by atoms with Gasteiger partial charge in [0.15, 0.2) is 5.58 Å². The molecule has 2 aromatic carbocycles. The third kappa shape index (κ3) is 5.03. The molecule has 1 saturated carbocycles. The lowest BCUT2D eigenvalue weighted by Crippen LogP contribution is -2.35. The molecular formula is C23H26FN3O3. The van der Waals surface area contributed by atoms with Crippen molar-refractivity contribution < 1.29 is 18.4 Å². The number of fused-ring (bicyclic) bond motifs is 1. The molecule has 2 amide bonds. The molecule has 1 fully saturated rings. The Morgan fingerprint density at radius 2 is 1.80 bits per heavy atom. The van der Waals surface area contributed by atoms with Crippen LogP contribution in [0.1, 0.15) is 49.4 Å². The molecule has 0 spiro atoms. The zero-order valence-electron chi connectivity index (χ0n) is 17.2. The minimum atomic E-state index is -0.355. The second-order valence-electron chi connectivity index (χ2n) is 7.38. The third-order valence-electron chi connectivity index (χ3n) is 5.27. The van der Waals surface area contributed by atoms with Crippen LogP contribution in [-0.2, 0) is 4.79 Å². The number of carbonyl (C=O) groups is 2. The summed E-state index contributed by atoms with van der Waals surface area (Å²) in [5.41, 5.74) is 7.09. The van der Waals surface area contributed by atoms with Gasteiger partial charge in [-0.15, -0.1) is 0 Å². The maximum absolute atomic E-state index is 13.3. The number of primary amides is 1. The van der Waals surface area contributed by atoms with Gasteiger partial charge in [0, 0.05) is 36.7 Å². The highest BCUT2D eigenvalue weighted by Crippen LogP contribution is 2.26. The van der Waals surface area contributed by atoms with Crippen LogP contribution in [-0.4, -0.2) is 34.8 Å². The fraction of sp³-hybridized carbons (Fsp3) is 0.348. The van der Waals surface area contributed by atoms with Gasteiger partial charge in [0.05, 0.1) is 0 Å². The molecule has 0 unspecified atom stereocenters. The Labute approximate surface area is 174 Å². The summed E-state index contributed by atoms with van der Waals surface area (Å²) in [5, 5.41) is 0. The van der Waals surface area contributed by atoms with Crippen LogP contribution in [0.2, 0.25) is 0 Å². The van der Waals surface area contributed by atoms with Crippen LogP contribution >= 0.6 is 0 Å². The molecule has 1 heterocycles. The Morgan fingerprint density at radius 3 is 2.40 bits per heavy atom. The highest BCUT2D eigenvalue weighted by Gasteiger charge is 2.24. The molecular weight excluding hydrogens is 385 g/mol. The molecule has 4 rings (SSSR count). The predicted molar refractivity (Wildman–Crippen MR) is 113 cm³/mol. The third-order valence-corrected chi connectivity index (χ3v) is 5.27. The summed E-state index contributed by atoms with van der Waals surface area (Å²) in [6, 6.07) is 11.8. The van der Waals surface area contributed by atoms with Gasteiger partial charge in [-0.2, -0.15) is 0 Å². The maximum atomic E-state index is 13.3. The number of nitrogens with two attached hydrogens (primary N) is 1. The Balaban J connectivity index is 0.000000461. The number of carbonyl (C=O) groups excluding carboxylic acids is 2. The maximum Gasteiger partial charge on any atom is 0.253 e. The van der Waals surface area contributed by atoms with Gasteiger partial charge in [0.1, 0.15) is 11.3 Å². The summed E-state index contributed by atoms with van der Waals surface area (Å²) < 4.78 is 18.9. The molecule has 0 radical (unpaired) electrons. The van der Waals surface area contributed by atoms with Crippen molar-refractivity contribution in [3.8, 4) is 11.5 Å². The van der Waals surface area contributed by atoms with E-state index in [1.807, 2.05) is 24.1 Å². The van der Waals surface area contributed by atoms with Gasteiger partial charge in [0.2, 0.25) is 11.8 Å². The average Bonchev–Trinajstić information content (AvgIpc) is 3.43. The smallest absolute Gasteiger partial charge is 0.253 e. The zero-order chi connectivity index (χ0) is 21.7. The lowest BCUT2D eigenvalue weighted by Gasteiger charge is -2.24. The first-order valence-electron chi connectivity index (χ1n) is 10.1. The summed E-state index contributed by atoms with van der Waals surface area (Å²) in [7, 11) is 1.88.